The minimum atomic E-state index is -0.714. The van der Waals surface area contributed by atoms with Gasteiger partial charge in [-0.15, -0.1) is 0 Å². The van der Waals surface area contributed by atoms with Crippen molar-refractivity contribution in [3.8, 4) is 0 Å². The number of hydrogen-bond acceptors (Lipinski definition) is 3. The van der Waals surface area contributed by atoms with E-state index >= 15 is 0 Å². The Bertz CT molecular complexity index is 900. The number of amides is 1. The highest BCUT2D eigenvalue weighted by atomic mass is 35.5. The van der Waals surface area contributed by atoms with Gasteiger partial charge in [-0.2, -0.15) is 4.57 Å². The molecule has 3 aromatic rings. The lowest BCUT2D eigenvalue weighted by Gasteiger charge is -2.05. The van der Waals surface area contributed by atoms with Crippen LogP contribution in [0.2, 0.25) is 5.02 Å². The summed E-state index contributed by atoms with van der Waals surface area (Å²) in [6, 6.07) is 14.4. The Labute approximate surface area is 143 Å². The maximum atomic E-state index is 12.2. The second-order valence-corrected chi connectivity index (χ2v) is 5.93. The van der Waals surface area contributed by atoms with E-state index in [1.165, 1.54) is 11.6 Å². The van der Waals surface area contributed by atoms with E-state index in [1.807, 2.05) is 18.2 Å². The van der Waals surface area contributed by atoms with Crippen LogP contribution in [0.15, 0.2) is 57.7 Å². The summed E-state index contributed by atoms with van der Waals surface area (Å²) in [5.74, 6) is -0.714. The number of hydrogen-bond donors (Lipinski definition) is 1. The van der Waals surface area contributed by atoms with Crippen LogP contribution in [-0.2, 0) is 6.42 Å². The first-order valence-electron chi connectivity index (χ1n) is 7.78. The maximum Gasteiger partial charge on any atom is 0.428 e. The molecule has 1 aromatic heterocycles. The zero-order chi connectivity index (χ0) is 16.9. The summed E-state index contributed by atoms with van der Waals surface area (Å²) in [4.78, 5) is 24.1. The van der Waals surface area contributed by atoms with Crippen LogP contribution < -0.4 is 11.1 Å². The lowest BCUT2D eigenvalue weighted by Crippen LogP contribution is -2.34. The lowest BCUT2D eigenvalue weighted by atomic mass is 10.1. The summed E-state index contributed by atoms with van der Waals surface area (Å²) >= 11 is 5.86. The van der Waals surface area contributed by atoms with E-state index in [2.05, 4.69) is 17.4 Å². The molecule has 2 aromatic carbocycles. The molecule has 3 rings (SSSR count). The predicted octanol–water partition coefficient (Wildman–Crippen LogP) is 3.83. The highest BCUT2D eigenvalue weighted by Gasteiger charge is 2.15. The van der Waals surface area contributed by atoms with E-state index in [4.69, 9.17) is 16.0 Å². The normalized spacial score (nSPS) is 10.9. The van der Waals surface area contributed by atoms with Gasteiger partial charge in [-0.3, -0.25) is 0 Å². The van der Waals surface area contributed by atoms with E-state index in [0.717, 1.165) is 23.8 Å². The van der Waals surface area contributed by atoms with Crippen molar-refractivity contribution in [1.29, 1.82) is 0 Å². The van der Waals surface area contributed by atoms with Gasteiger partial charge in [0.1, 0.15) is 0 Å². The van der Waals surface area contributed by atoms with E-state index in [9.17, 15) is 9.59 Å². The van der Waals surface area contributed by atoms with Gasteiger partial charge in [-0.25, -0.2) is 9.59 Å². The molecule has 0 saturated heterocycles. The van der Waals surface area contributed by atoms with Gasteiger partial charge in [-0.05, 0) is 37.0 Å². The molecule has 0 atom stereocenters. The number of oxazole rings is 1. The molecule has 5 nitrogen and oxygen atoms in total. The third-order valence-electron chi connectivity index (χ3n) is 3.76. The zero-order valence-electron chi connectivity index (χ0n) is 13.0. The third kappa shape index (κ3) is 3.68. The molecule has 0 bridgehead atoms. The molecule has 0 spiro atoms. The van der Waals surface area contributed by atoms with E-state index in [-0.39, 0.29) is 0 Å². The molecule has 1 amide bonds. The minimum absolute atomic E-state index is 0.298. The molecule has 0 radical (unpaired) electrons. The Hall–Kier alpha value is -2.53. The number of fused-ring (bicyclic) bond motifs is 1. The van der Waals surface area contributed by atoms with Gasteiger partial charge in [0.2, 0.25) is 0 Å². The van der Waals surface area contributed by atoms with E-state index in [1.54, 1.807) is 12.1 Å². The Morgan fingerprint density at radius 1 is 1.12 bits per heavy atom. The highest BCUT2D eigenvalue weighted by Crippen LogP contribution is 2.18. The average molecular weight is 345 g/mol. The molecule has 0 fully saturated rings. The summed E-state index contributed by atoms with van der Waals surface area (Å²) in [6.45, 7) is 0.498. The summed E-state index contributed by atoms with van der Waals surface area (Å²) in [7, 11) is 0. The van der Waals surface area contributed by atoms with Crippen molar-refractivity contribution in [2.24, 2.45) is 0 Å². The van der Waals surface area contributed by atoms with Gasteiger partial charge in [0.05, 0.1) is 5.52 Å². The molecular formula is C18H17ClN2O3. The fraction of sp³-hybridized carbons (Fsp3) is 0.222. The van der Waals surface area contributed by atoms with Gasteiger partial charge in [0.25, 0.3) is 0 Å². The predicted molar refractivity (Wildman–Crippen MR) is 93.7 cm³/mol. The van der Waals surface area contributed by atoms with Gasteiger partial charge in [-0.1, -0.05) is 41.9 Å². The van der Waals surface area contributed by atoms with Crippen LogP contribution in [-0.4, -0.2) is 17.1 Å². The van der Waals surface area contributed by atoms with Crippen molar-refractivity contribution in [2.75, 3.05) is 6.54 Å². The van der Waals surface area contributed by atoms with E-state index in [0.29, 0.717) is 22.7 Å². The van der Waals surface area contributed by atoms with Crippen molar-refractivity contribution in [2.45, 2.75) is 19.3 Å². The van der Waals surface area contributed by atoms with Gasteiger partial charge < -0.3 is 9.73 Å². The van der Waals surface area contributed by atoms with Crippen LogP contribution in [0.4, 0.5) is 4.79 Å². The fourth-order valence-electron chi connectivity index (χ4n) is 2.56. The number of aromatic nitrogens is 1. The van der Waals surface area contributed by atoms with Crippen molar-refractivity contribution < 1.29 is 9.21 Å². The first-order valence-corrected chi connectivity index (χ1v) is 8.16. The van der Waals surface area contributed by atoms with Crippen molar-refractivity contribution >= 4 is 28.7 Å². The first kappa shape index (κ1) is 16.3. The smallest absolute Gasteiger partial charge is 0.407 e. The molecule has 0 aliphatic heterocycles. The summed E-state index contributed by atoms with van der Waals surface area (Å²) in [5.41, 5.74) is 1.98. The molecule has 124 valence electrons. The standard InChI is InChI=1S/C18H17ClN2O3/c19-14-9-10-15-16(12-14)24-18(23)21(15)17(22)20-11-5-4-8-13-6-2-1-3-7-13/h1-3,6-7,9-10,12H,4-5,8,11H2,(H,20,22). The van der Waals surface area contributed by atoms with E-state index < -0.39 is 11.8 Å². The summed E-state index contributed by atoms with van der Waals surface area (Å²) in [6.07, 6.45) is 2.75. The highest BCUT2D eigenvalue weighted by molar-refractivity contribution is 6.31. The molecule has 6 heteroatoms. The minimum Gasteiger partial charge on any atom is -0.407 e. The maximum absolute atomic E-state index is 12.2. The van der Waals surface area contributed by atoms with Crippen LogP contribution in [0.1, 0.15) is 18.4 Å². The number of benzene rings is 2. The number of carbonyl (C=O) groups excluding carboxylic acids is 1. The fourth-order valence-corrected chi connectivity index (χ4v) is 2.72. The van der Waals surface area contributed by atoms with Crippen molar-refractivity contribution in [1.82, 2.24) is 9.88 Å². The zero-order valence-corrected chi connectivity index (χ0v) is 13.8. The molecular weight excluding hydrogens is 328 g/mol. The molecule has 1 heterocycles. The van der Waals surface area contributed by atoms with Crippen LogP contribution in [0.5, 0.6) is 0 Å². The Morgan fingerprint density at radius 3 is 2.71 bits per heavy atom. The molecule has 1 N–H and O–H groups in total. The number of rotatable bonds is 5. The SMILES string of the molecule is O=C(NCCCCc1ccccc1)n1c(=O)oc2cc(Cl)ccc21. The van der Waals surface area contributed by atoms with Crippen LogP contribution in [0.3, 0.4) is 0 Å². The molecule has 0 aliphatic carbocycles. The van der Waals surface area contributed by atoms with Gasteiger partial charge in [0, 0.05) is 17.6 Å². The van der Waals surface area contributed by atoms with Crippen LogP contribution in [0.25, 0.3) is 11.1 Å². The number of unbranched alkanes of at least 4 members (excludes halogenated alkanes) is 1. The summed E-state index contributed by atoms with van der Waals surface area (Å²) < 4.78 is 6.04. The molecule has 24 heavy (non-hydrogen) atoms. The van der Waals surface area contributed by atoms with Crippen LogP contribution in [0, 0.1) is 0 Å². The van der Waals surface area contributed by atoms with Crippen LogP contribution >= 0.6 is 11.6 Å². The average Bonchev–Trinajstić information content (AvgIpc) is 2.90. The quantitative estimate of drug-likeness (QED) is 0.715. The number of aryl methyl sites for hydroxylation is 1. The summed E-state index contributed by atoms with van der Waals surface area (Å²) in [5, 5.41) is 3.20. The van der Waals surface area contributed by atoms with Gasteiger partial charge in [0.15, 0.2) is 5.58 Å². The Balaban J connectivity index is 1.56. The second-order valence-electron chi connectivity index (χ2n) is 5.49. The molecule has 0 unspecified atom stereocenters. The molecule has 0 aliphatic rings. The number of nitrogens with one attached hydrogen (secondary N) is 1. The number of halogens is 1. The first-order chi connectivity index (χ1) is 11.6. The van der Waals surface area contributed by atoms with Crippen molar-refractivity contribution in [3.05, 3.63) is 69.7 Å². The Morgan fingerprint density at radius 2 is 1.92 bits per heavy atom. The van der Waals surface area contributed by atoms with Gasteiger partial charge >= 0.3 is 11.8 Å². The number of carbonyl (C=O) groups is 1. The van der Waals surface area contributed by atoms with Crippen molar-refractivity contribution in [3.63, 3.8) is 0 Å². The second kappa shape index (κ2) is 7.36. The Kier molecular flexibility index (Phi) is 5.01. The topological polar surface area (TPSA) is 64.2 Å². The molecule has 0 saturated carbocycles. The third-order valence-corrected chi connectivity index (χ3v) is 3.99. The number of nitrogens with zero attached hydrogens (tertiary/aromatic N) is 1. The largest absolute Gasteiger partial charge is 0.428 e. The lowest BCUT2D eigenvalue weighted by molar-refractivity contribution is 0.241. The monoisotopic (exact) mass is 344 g/mol.